The van der Waals surface area contributed by atoms with Gasteiger partial charge in [-0.05, 0) is 60.3 Å². The molecular formula is C29H26ClN3O2. The van der Waals surface area contributed by atoms with E-state index in [2.05, 4.69) is 10.2 Å². The second-order valence-electron chi connectivity index (χ2n) is 8.74. The average Bonchev–Trinajstić information content (AvgIpc) is 2.89. The van der Waals surface area contributed by atoms with Crippen molar-refractivity contribution in [3.63, 3.8) is 0 Å². The van der Waals surface area contributed by atoms with Crippen LogP contribution >= 0.6 is 11.6 Å². The number of halogens is 1. The number of hydrogen-bond donors (Lipinski definition) is 1. The van der Waals surface area contributed by atoms with Crippen molar-refractivity contribution in [2.75, 3.05) is 36.4 Å². The van der Waals surface area contributed by atoms with Crippen molar-refractivity contribution in [3.05, 3.63) is 107 Å². The van der Waals surface area contributed by atoms with Crippen molar-refractivity contribution in [1.29, 1.82) is 0 Å². The Kier molecular flexibility index (Phi) is 6.43. The molecule has 0 spiro atoms. The van der Waals surface area contributed by atoms with Crippen LogP contribution in [0, 0.1) is 6.92 Å². The van der Waals surface area contributed by atoms with Gasteiger partial charge in [0.15, 0.2) is 0 Å². The number of benzene rings is 4. The molecule has 1 aliphatic rings. The first-order valence-corrected chi connectivity index (χ1v) is 12.1. The zero-order valence-electron chi connectivity index (χ0n) is 19.5. The summed E-state index contributed by atoms with van der Waals surface area (Å²) in [5.41, 5.74) is 4.16. The average molecular weight is 484 g/mol. The van der Waals surface area contributed by atoms with Gasteiger partial charge in [0.2, 0.25) is 0 Å². The quantitative estimate of drug-likeness (QED) is 0.386. The number of nitrogens with one attached hydrogen (secondary N) is 1. The van der Waals surface area contributed by atoms with Crippen LogP contribution in [0.1, 0.15) is 26.3 Å². The van der Waals surface area contributed by atoms with E-state index in [9.17, 15) is 9.59 Å². The molecule has 35 heavy (non-hydrogen) atoms. The van der Waals surface area contributed by atoms with Crippen LogP contribution in [0.5, 0.6) is 0 Å². The highest BCUT2D eigenvalue weighted by molar-refractivity contribution is 6.36. The molecule has 1 fully saturated rings. The van der Waals surface area contributed by atoms with Gasteiger partial charge in [0, 0.05) is 59.1 Å². The summed E-state index contributed by atoms with van der Waals surface area (Å²) in [5, 5.41) is 5.30. The van der Waals surface area contributed by atoms with E-state index < -0.39 is 0 Å². The van der Waals surface area contributed by atoms with Gasteiger partial charge in [0.25, 0.3) is 11.8 Å². The molecule has 5 nitrogen and oxygen atoms in total. The lowest BCUT2D eigenvalue weighted by Gasteiger charge is -2.36. The summed E-state index contributed by atoms with van der Waals surface area (Å²) in [6, 6.07) is 26.7. The van der Waals surface area contributed by atoms with Crippen LogP contribution < -0.4 is 10.2 Å². The summed E-state index contributed by atoms with van der Waals surface area (Å²) in [4.78, 5) is 30.0. The van der Waals surface area contributed by atoms with Crippen LogP contribution in [0.2, 0.25) is 5.02 Å². The minimum atomic E-state index is -0.172. The van der Waals surface area contributed by atoms with E-state index in [-0.39, 0.29) is 11.8 Å². The molecule has 0 saturated carbocycles. The first-order chi connectivity index (χ1) is 17.0. The maximum atomic E-state index is 13.0. The first-order valence-electron chi connectivity index (χ1n) is 11.7. The molecule has 1 N–H and O–H groups in total. The summed E-state index contributed by atoms with van der Waals surface area (Å²) >= 11 is 6.29. The summed E-state index contributed by atoms with van der Waals surface area (Å²) in [7, 11) is 0. The maximum Gasteiger partial charge on any atom is 0.256 e. The third-order valence-electron chi connectivity index (χ3n) is 6.55. The maximum absolute atomic E-state index is 13.0. The number of fused-ring (bicyclic) bond motifs is 1. The molecule has 1 aliphatic heterocycles. The van der Waals surface area contributed by atoms with E-state index in [4.69, 9.17) is 11.6 Å². The largest absolute Gasteiger partial charge is 0.368 e. The number of amides is 2. The van der Waals surface area contributed by atoms with Gasteiger partial charge in [-0.15, -0.1) is 0 Å². The van der Waals surface area contributed by atoms with Crippen molar-refractivity contribution in [2.24, 2.45) is 0 Å². The molecular weight excluding hydrogens is 458 g/mol. The summed E-state index contributed by atoms with van der Waals surface area (Å²) in [6.45, 7) is 4.85. The van der Waals surface area contributed by atoms with Crippen LogP contribution in [-0.2, 0) is 0 Å². The van der Waals surface area contributed by atoms with Crippen molar-refractivity contribution < 1.29 is 9.59 Å². The van der Waals surface area contributed by atoms with Crippen molar-refractivity contribution in [3.8, 4) is 0 Å². The van der Waals surface area contributed by atoms with Crippen molar-refractivity contribution in [1.82, 2.24) is 4.90 Å². The van der Waals surface area contributed by atoms with Crippen LogP contribution in [0.25, 0.3) is 10.8 Å². The number of aryl methyl sites for hydroxylation is 1. The molecule has 0 aromatic heterocycles. The van der Waals surface area contributed by atoms with Crippen molar-refractivity contribution in [2.45, 2.75) is 6.92 Å². The molecule has 0 bridgehead atoms. The number of rotatable bonds is 4. The summed E-state index contributed by atoms with van der Waals surface area (Å²) in [5.74, 6) is -0.0792. The third kappa shape index (κ3) is 4.73. The lowest BCUT2D eigenvalue weighted by Crippen LogP contribution is -2.48. The van der Waals surface area contributed by atoms with Gasteiger partial charge in [-0.2, -0.15) is 0 Å². The fraction of sp³-hybridized carbons (Fsp3) is 0.172. The highest BCUT2D eigenvalue weighted by Gasteiger charge is 2.23. The topological polar surface area (TPSA) is 52.7 Å². The van der Waals surface area contributed by atoms with Crippen molar-refractivity contribution >= 4 is 45.6 Å². The molecule has 4 aromatic carbocycles. The first kappa shape index (κ1) is 22.9. The number of anilines is 2. The van der Waals surface area contributed by atoms with E-state index in [0.717, 1.165) is 46.4 Å². The third-order valence-corrected chi connectivity index (χ3v) is 6.88. The van der Waals surface area contributed by atoms with E-state index in [1.54, 1.807) is 6.07 Å². The highest BCUT2D eigenvalue weighted by Crippen LogP contribution is 2.27. The fourth-order valence-electron chi connectivity index (χ4n) is 4.57. The number of carbonyl (C=O) groups excluding carboxylic acids is 2. The van der Waals surface area contributed by atoms with E-state index in [1.807, 2.05) is 90.7 Å². The normalized spacial score (nSPS) is 13.7. The molecule has 176 valence electrons. The Balaban J connectivity index is 1.23. The minimum absolute atomic E-state index is 0.0931. The Bertz CT molecular complexity index is 1390. The van der Waals surface area contributed by atoms with Gasteiger partial charge in [-0.25, -0.2) is 0 Å². The Labute approximate surface area is 209 Å². The molecule has 6 heteroatoms. The number of nitrogens with zero attached hydrogens (tertiary/aromatic N) is 2. The standard InChI is InChI=1S/C29H26ClN3O2/c1-20-6-2-3-7-23(20)29(35)33-18-16-32(17-19-33)22-14-12-21(13-15-22)31-28(34)26-10-4-9-25-24(26)8-5-11-27(25)30/h2-15H,16-19H2,1H3,(H,31,34). The lowest BCUT2D eigenvalue weighted by molar-refractivity contribution is 0.0746. The number of piperazine rings is 1. The zero-order valence-corrected chi connectivity index (χ0v) is 20.3. The molecule has 1 heterocycles. The Morgan fingerprint density at radius 3 is 2.14 bits per heavy atom. The van der Waals surface area contributed by atoms with E-state index in [1.165, 1.54) is 0 Å². The Morgan fingerprint density at radius 1 is 0.743 bits per heavy atom. The summed E-state index contributed by atoms with van der Waals surface area (Å²) in [6.07, 6.45) is 0. The second kappa shape index (κ2) is 9.80. The predicted molar refractivity (Wildman–Crippen MR) is 143 cm³/mol. The minimum Gasteiger partial charge on any atom is -0.368 e. The van der Waals surface area contributed by atoms with E-state index >= 15 is 0 Å². The van der Waals surface area contributed by atoms with Crippen LogP contribution in [0.15, 0.2) is 84.9 Å². The Hall–Kier alpha value is -3.83. The highest BCUT2D eigenvalue weighted by atomic mass is 35.5. The molecule has 5 rings (SSSR count). The number of hydrogen-bond acceptors (Lipinski definition) is 3. The second-order valence-corrected chi connectivity index (χ2v) is 9.14. The van der Waals surface area contributed by atoms with Gasteiger partial charge >= 0.3 is 0 Å². The fourth-order valence-corrected chi connectivity index (χ4v) is 4.81. The molecule has 2 amide bonds. The van der Waals surface area contributed by atoms with Gasteiger partial charge in [-0.3, -0.25) is 9.59 Å². The molecule has 4 aromatic rings. The zero-order chi connectivity index (χ0) is 24.4. The van der Waals surface area contributed by atoms with Gasteiger partial charge in [0.1, 0.15) is 0 Å². The molecule has 0 radical (unpaired) electrons. The lowest BCUT2D eigenvalue weighted by atomic mass is 10.0. The number of carbonyl (C=O) groups is 2. The molecule has 1 saturated heterocycles. The van der Waals surface area contributed by atoms with Gasteiger partial charge in [0.05, 0.1) is 0 Å². The van der Waals surface area contributed by atoms with Gasteiger partial charge < -0.3 is 15.1 Å². The molecule has 0 aliphatic carbocycles. The van der Waals surface area contributed by atoms with Crippen LogP contribution in [0.4, 0.5) is 11.4 Å². The smallest absolute Gasteiger partial charge is 0.256 e. The SMILES string of the molecule is Cc1ccccc1C(=O)N1CCN(c2ccc(NC(=O)c3cccc4c(Cl)cccc34)cc2)CC1. The van der Waals surface area contributed by atoms with Crippen LogP contribution in [0.3, 0.4) is 0 Å². The predicted octanol–water partition coefficient (Wildman–Crippen LogP) is 6.02. The molecule has 0 unspecified atom stereocenters. The van der Waals surface area contributed by atoms with Crippen LogP contribution in [-0.4, -0.2) is 42.9 Å². The molecule has 0 atom stereocenters. The van der Waals surface area contributed by atoms with Gasteiger partial charge in [-0.1, -0.05) is 54.1 Å². The summed E-state index contributed by atoms with van der Waals surface area (Å²) < 4.78 is 0. The monoisotopic (exact) mass is 483 g/mol. The van der Waals surface area contributed by atoms with E-state index in [0.29, 0.717) is 23.7 Å². The Morgan fingerprint density at radius 2 is 1.40 bits per heavy atom.